The molecule has 0 saturated heterocycles. The molecular formula is C13H21NO3S. The van der Waals surface area contributed by atoms with Crippen LogP contribution in [0.4, 0.5) is 0 Å². The van der Waals surface area contributed by atoms with Crippen LogP contribution in [0.25, 0.3) is 0 Å². The normalized spacial score (nSPS) is 31.3. The van der Waals surface area contributed by atoms with Crippen LogP contribution >= 0.6 is 11.8 Å². The first-order chi connectivity index (χ1) is 8.56. The Labute approximate surface area is 112 Å². The first-order valence-corrected chi connectivity index (χ1v) is 7.80. The van der Waals surface area contributed by atoms with Crippen molar-refractivity contribution in [2.75, 3.05) is 11.5 Å². The Bertz CT molecular complexity index is 334. The molecule has 0 spiro atoms. The highest BCUT2D eigenvalue weighted by Gasteiger charge is 2.42. The second kappa shape index (κ2) is 5.95. The van der Waals surface area contributed by atoms with Gasteiger partial charge in [-0.05, 0) is 43.9 Å². The molecule has 1 amide bonds. The van der Waals surface area contributed by atoms with Gasteiger partial charge in [0, 0.05) is 6.04 Å². The van der Waals surface area contributed by atoms with Gasteiger partial charge in [-0.25, -0.2) is 0 Å². The van der Waals surface area contributed by atoms with Crippen LogP contribution in [0.15, 0.2) is 0 Å². The van der Waals surface area contributed by atoms with Gasteiger partial charge >= 0.3 is 5.97 Å². The standard InChI is InChI=1S/C13H21NO3S/c1-8(11-5-9-2-3-10(11)4-9)14-12(15)6-18-7-13(16)17/h8-11H,2-7H2,1H3,(H,14,15)(H,16,17). The number of carbonyl (C=O) groups is 2. The van der Waals surface area contributed by atoms with Crippen LogP contribution in [0.2, 0.25) is 0 Å². The third-order valence-electron chi connectivity index (χ3n) is 4.28. The Morgan fingerprint density at radius 2 is 2.11 bits per heavy atom. The summed E-state index contributed by atoms with van der Waals surface area (Å²) in [6.45, 7) is 2.09. The Morgan fingerprint density at radius 1 is 1.33 bits per heavy atom. The van der Waals surface area contributed by atoms with Gasteiger partial charge in [-0.15, -0.1) is 11.8 Å². The summed E-state index contributed by atoms with van der Waals surface area (Å²) in [7, 11) is 0. The largest absolute Gasteiger partial charge is 0.481 e. The fourth-order valence-corrected chi connectivity index (χ4v) is 4.09. The highest BCUT2D eigenvalue weighted by Crippen LogP contribution is 2.49. The molecule has 5 heteroatoms. The number of carboxylic acids is 1. The number of aliphatic carboxylic acids is 1. The van der Waals surface area contributed by atoms with E-state index >= 15 is 0 Å². The summed E-state index contributed by atoms with van der Waals surface area (Å²) in [4.78, 5) is 22.0. The highest BCUT2D eigenvalue weighted by molar-refractivity contribution is 8.00. The monoisotopic (exact) mass is 271 g/mol. The maximum Gasteiger partial charge on any atom is 0.313 e. The summed E-state index contributed by atoms with van der Waals surface area (Å²) in [5, 5.41) is 11.5. The molecule has 0 aliphatic heterocycles. The van der Waals surface area contributed by atoms with Gasteiger partial charge in [0.05, 0.1) is 11.5 Å². The number of thioether (sulfide) groups is 1. The van der Waals surface area contributed by atoms with Crippen molar-refractivity contribution in [2.24, 2.45) is 17.8 Å². The molecule has 102 valence electrons. The van der Waals surface area contributed by atoms with Crippen molar-refractivity contribution in [3.8, 4) is 0 Å². The third kappa shape index (κ3) is 3.40. The van der Waals surface area contributed by atoms with Gasteiger partial charge in [0.2, 0.25) is 5.91 Å². The third-order valence-corrected chi connectivity index (χ3v) is 5.20. The lowest BCUT2D eigenvalue weighted by Gasteiger charge is -2.28. The average molecular weight is 271 g/mol. The zero-order valence-corrected chi connectivity index (χ0v) is 11.5. The maximum atomic E-state index is 11.7. The minimum absolute atomic E-state index is 0.00404. The molecule has 2 fully saturated rings. The zero-order chi connectivity index (χ0) is 13.1. The van der Waals surface area contributed by atoms with Crippen LogP contribution in [0, 0.1) is 17.8 Å². The van der Waals surface area contributed by atoms with Crippen LogP contribution < -0.4 is 5.32 Å². The molecule has 0 aromatic carbocycles. The lowest BCUT2D eigenvalue weighted by molar-refractivity contribution is -0.133. The zero-order valence-electron chi connectivity index (χ0n) is 10.7. The van der Waals surface area contributed by atoms with E-state index in [2.05, 4.69) is 12.2 Å². The summed E-state index contributed by atoms with van der Waals surface area (Å²) in [5.41, 5.74) is 0. The fraction of sp³-hybridized carbons (Fsp3) is 0.846. The summed E-state index contributed by atoms with van der Waals surface area (Å²) < 4.78 is 0. The lowest BCUT2D eigenvalue weighted by atomic mass is 9.84. The second-order valence-corrected chi connectivity index (χ2v) is 6.57. The number of fused-ring (bicyclic) bond motifs is 2. The first-order valence-electron chi connectivity index (χ1n) is 6.65. The van der Waals surface area contributed by atoms with Crippen molar-refractivity contribution >= 4 is 23.6 Å². The number of carboxylic acid groups (broad SMARTS) is 1. The molecule has 2 aliphatic carbocycles. The Kier molecular flexibility index (Phi) is 4.54. The molecule has 18 heavy (non-hydrogen) atoms. The van der Waals surface area contributed by atoms with E-state index in [1.54, 1.807) is 0 Å². The van der Waals surface area contributed by atoms with E-state index in [9.17, 15) is 9.59 Å². The molecular weight excluding hydrogens is 250 g/mol. The number of amides is 1. The van der Waals surface area contributed by atoms with Gasteiger partial charge < -0.3 is 10.4 Å². The molecule has 2 N–H and O–H groups in total. The van der Waals surface area contributed by atoms with Crippen molar-refractivity contribution in [3.63, 3.8) is 0 Å². The summed E-state index contributed by atoms with van der Waals surface area (Å²) in [6, 6.07) is 0.234. The number of nitrogens with one attached hydrogen (secondary N) is 1. The highest BCUT2D eigenvalue weighted by atomic mass is 32.2. The molecule has 4 unspecified atom stereocenters. The average Bonchev–Trinajstić information content (AvgIpc) is 2.89. The van der Waals surface area contributed by atoms with Crippen LogP contribution in [0.1, 0.15) is 32.6 Å². The van der Waals surface area contributed by atoms with Crippen molar-refractivity contribution < 1.29 is 14.7 Å². The lowest BCUT2D eigenvalue weighted by Crippen LogP contribution is -2.41. The van der Waals surface area contributed by atoms with Gasteiger partial charge in [0.15, 0.2) is 0 Å². The smallest absolute Gasteiger partial charge is 0.313 e. The molecule has 4 nitrogen and oxygen atoms in total. The number of rotatable bonds is 6. The summed E-state index contributed by atoms with van der Waals surface area (Å²) in [6.07, 6.45) is 5.30. The van der Waals surface area contributed by atoms with Crippen molar-refractivity contribution in [2.45, 2.75) is 38.6 Å². The molecule has 0 aromatic heterocycles. The van der Waals surface area contributed by atoms with Crippen molar-refractivity contribution in [1.82, 2.24) is 5.32 Å². The van der Waals surface area contributed by atoms with Crippen LogP contribution in [-0.4, -0.2) is 34.5 Å². The maximum absolute atomic E-state index is 11.7. The predicted molar refractivity (Wildman–Crippen MR) is 71.5 cm³/mol. The Morgan fingerprint density at radius 3 is 2.67 bits per heavy atom. The van der Waals surface area contributed by atoms with E-state index < -0.39 is 5.97 Å². The molecule has 0 aromatic rings. The topological polar surface area (TPSA) is 66.4 Å². The molecule has 2 aliphatic rings. The summed E-state index contributed by atoms with van der Waals surface area (Å²) >= 11 is 1.16. The predicted octanol–water partition coefficient (Wildman–Crippen LogP) is 1.75. The van der Waals surface area contributed by atoms with Crippen LogP contribution in [0.5, 0.6) is 0 Å². The van der Waals surface area contributed by atoms with Gasteiger partial charge in [0.25, 0.3) is 0 Å². The SMILES string of the molecule is CC(NC(=O)CSCC(=O)O)C1CC2CCC1C2. The Hall–Kier alpha value is -0.710. The van der Waals surface area contributed by atoms with E-state index in [0.29, 0.717) is 5.92 Å². The number of hydrogen-bond donors (Lipinski definition) is 2. The van der Waals surface area contributed by atoms with Crippen LogP contribution in [0.3, 0.4) is 0 Å². The summed E-state index contributed by atoms with van der Waals surface area (Å²) in [5.74, 6) is 1.67. The van der Waals surface area contributed by atoms with E-state index in [1.165, 1.54) is 25.7 Å². The van der Waals surface area contributed by atoms with E-state index in [1.807, 2.05) is 0 Å². The van der Waals surface area contributed by atoms with E-state index in [4.69, 9.17) is 5.11 Å². The quantitative estimate of drug-likeness (QED) is 0.772. The minimum atomic E-state index is -0.867. The molecule has 0 heterocycles. The molecule has 2 rings (SSSR count). The van der Waals surface area contributed by atoms with E-state index in [-0.39, 0.29) is 23.5 Å². The molecule has 0 radical (unpaired) electrons. The van der Waals surface area contributed by atoms with Gasteiger partial charge in [0.1, 0.15) is 0 Å². The first kappa shape index (κ1) is 13.7. The minimum Gasteiger partial charge on any atom is -0.481 e. The molecule has 2 saturated carbocycles. The Balaban J connectivity index is 1.69. The van der Waals surface area contributed by atoms with Gasteiger partial charge in [-0.1, -0.05) is 6.42 Å². The van der Waals surface area contributed by atoms with Crippen molar-refractivity contribution in [3.05, 3.63) is 0 Å². The number of hydrogen-bond acceptors (Lipinski definition) is 3. The van der Waals surface area contributed by atoms with Crippen molar-refractivity contribution in [1.29, 1.82) is 0 Å². The molecule has 4 atom stereocenters. The molecule has 2 bridgehead atoms. The second-order valence-electron chi connectivity index (χ2n) is 5.58. The van der Waals surface area contributed by atoms with Gasteiger partial charge in [-0.2, -0.15) is 0 Å². The number of carbonyl (C=O) groups excluding carboxylic acids is 1. The van der Waals surface area contributed by atoms with Crippen LogP contribution in [-0.2, 0) is 9.59 Å². The van der Waals surface area contributed by atoms with Gasteiger partial charge in [-0.3, -0.25) is 9.59 Å². The fourth-order valence-electron chi connectivity index (χ4n) is 3.54. The van der Waals surface area contributed by atoms with E-state index in [0.717, 1.165) is 23.6 Å².